The van der Waals surface area contributed by atoms with Crippen molar-refractivity contribution in [2.75, 3.05) is 20.2 Å². The van der Waals surface area contributed by atoms with Crippen LogP contribution in [-0.4, -0.2) is 20.2 Å². The minimum absolute atomic E-state index is 0.103. The van der Waals surface area contributed by atoms with Crippen LogP contribution in [0.25, 0.3) is 0 Å². The number of ether oxygens (including phenoxy) is 1. The molecule has 3 heteroatoms. The molecule has 1 aromatic carbocycles. The smallest absolute Gasteiger partial charge is 0.130 e. The van der Waals surface area contributed by atoms with Crippen LogP contribution in [0, 0.1) is 11.7 Å². The zero-order valence-corrected chi connectivity index (χ0v) is 10.1. The van der Waals surface area contributed by atoms with Crippen LogP contribution in [0.3, 0.4) is 0 Å². The third-order valence-electron chi connectivity index (χ3n) is 4.34. The monoisotopic (exact) mass is 235 g/mol. The average molecular weight is 235 g/mol. The fourth-order valence-corrected chi connectivity index (χ4v) is 3.19. The van der Waals surface area contributed by atoms with Crippen molar-refractivity contribution in [3.05, 3.63) is 29.6 Å². The van der Waals surface area contributed by atoms with Crippen LogP contribution in [-0.2, 0) is 5.41 Å². The fraction of sp³-hybridized carbons (Fsp3) is 0.571. The van der Waals surface area contributed by atoms with Crippen LogP contribution in [0.2, 0.25) is 0 Å². The van der Waals surface area contributed by atoms with Crippen LogP contribution < -0.4 is 10.1 Å². The Morgan fingerprint density at radius 2 is 2.24 bits per heavy atom. The molecule has 2 fully saturated rings. The molecule has 3 rings (SSSR count). The number of nitrogens with one attached hydrogen (secondary N) is 1. The molecule has 2 nitrogen and oxygen atoms in total. The first-order chi connectivity index (χ1) is 8.26. The number of benzene rings is 1. The predicted molar refractivity (Wildman–Crippen MR) is 64.8 cm³/mol. The summed E-state index contributed by atoms with van der Waals surface area (Å²) in [4.78, 5) is 0. The normalized spacial score (nSPS) is 25.9. The number of hydrogen-bond acceptors (Lipinski definition) is 2. The Balaban J connectivity index is 1.93. The molecule has 1 heterocycles. The lowest BCUT2D eigenvalue weighted by Crippen LogP contribution is -2.24. The second-order valence-corrected chi connectivity index (χ2v) is 5.19. The molecule has 1 saturated carbocycles. The highest BCUT2D eigenvalue weighted by atomic mass is 19.1. The summed E-state index contributed by atoms with van der Waals surface area (Å²) in [6.45, 7) is 2.11. The molecule has 1 aliphatic carbocycles. The molecule has 17 heavy (non-hydrogen) atoms. The zero-order chi connectivity index (χ0) is 11.9. The fourth-order valence-electron chi connectivity index (χ4n) is 3.19. The maximum atomic E-state index is 14.1. The second kappa shape index (κ2) is 3.98. The van der Waals surface area contributed by atoms with Crippen molar-refractivity contribution < 1.29 is 9.13 Å². The molecular weight excluding hydrogens is 217 g/mol. The largest absolute Gasteiger partial charge is 0.497 e. The number of rotatable bonds is 3. The molecule has 1 saturated heterocycles. The zero-order valence-electron chi connectivity index (χ0n) is 10.1. The third-order valence-corrected chi connectivity index (χ3v) is 4.34. The van der Waals surface area contributed by atoms with E-state index in [1.165, 1.54) is 12.5 Å². The van der Waals surface area contributed by atoms with E-state index in [9.17, 15) is 4.39 Å². The molecule has 1 N–H and O–H groups in total. The van der Waals surface area contributed by atoms with Gasteiger partial charge in [-0.25, -0.2) is 4.39 Å². The molecule has 0 amide bonds. The second-order valence-electron chi connectivity index (χ2n) is 5.19. The van der Waals surface area contributed by atoms with E-state index in [4.69, 9.17) is 4.74 Å². The quantitative estimate of drug-likeness (QED) is 0.869. The van der Waals surface area contributed by atoms with Crippen LogP contribution in [0.5, 0.6) is 5.75 Å². The summed E-state index contributed by atoms with van der Waals surface area (Å²) in [5, 5.41) is 3.38. The van der Waals surface area contributed by atoms with Crippen LogP contribution >= 0.6 is 0 Å². The average Bonchev–Trinajstić information content (AvgIpc) is 2.95. The van der Waals surface area contributed by atoms with E-state index in [1.54, 1.807) is 7.11 Å². The van der Waals surface area contributed by atoms with Crippen molar-refractivity contribution in [3.63, 3.8) is 0 Å². The highest BCUT2D eigenvalue weighted by Gasteiger charge is 2.52. The van der Waals surface area contributed by atoms with Crippen molar-refractivity contribution in [2.24, 2.45) is 5.92 Å². The van der Waals surface area contributed by atoms with E-state index in [0.717, 1.165) is 31.5 Å². The molecular formula is C14H18FNO. The van der Waals surface area contributed by atoms with Crippen molar-refractivity contribution in [1.82, 2.24) is 5.32 Å². The van der Waals surface area contributed by atoms with E-state index in [0.29, 0.717) is 11.7 Å². The van der Waals surface area contributed by atoms with Crippen LogP contribution in [0.15, 0.2) is 18.2 Å². The highest BCUT2D eigenvalue weighted by molar-refractivity contribution is 5.38. The highest BCUT2D eigenvalue weighted by Crippen LogP contribution is 2.56. The molecule has 1 atom stereocenters. The SMILES string of the molecule is COc1ccc(C2(C3CCNC3)CC2)c(F)c1. The first-order valence-corrected chi connectivity index (χ1v) is 6.31. The van der Waals surface area contributed by atoms with Gasteiger partial charge in [0, 0.05) is 11.5 Å². The van der Waals surface area contributed by atoms with Gasteiger partial charge in [0.2, 0.25) is 0 Å². The first-order valence-electron chi connectivity index (χ1n) is 6.31. The maximum absolute atomic E-state index is 14.1. The van der Waals surface area contributed by atoms with Gasteiger partial charge in [-0.05, 0) is 49.9 Å². The maximum Gasteiger partial charge on any atom is 0.130 e. The van der Waals surface area contributed by atoms with Gasteiger partial charge in [-0.3, -0.25) is 0 Å². The van der Waals surface area contributed by atoms with Gasteiger partial charge in [-0.1, -0.05) is 6.07 Å². The summed E-state index contributed by atoms with van der Waals surface area (Å²) >= 11 is 0. The minimum Gasteiger partial charge on any atom is -0.497 e. The van der Waals surface area contributed by atoms with Crippen LogP contribution in [0.1, 0.15) is 24.8 Å². The van der Waals surface area contributed by atoms with E-state index in [-0.39, 0.29) is 11.2 Å². The van der Waals surface area contributed by atoms with E-state index in [2.05, 4.69) is 5.32 Å². The molecule has 0 spiro atoms. The van der Waals surface area contributed by atoms with E-state index in [1.807, 2.05) is 12.1 Å². The minimum atomic E-state index is -0.103. The Morgan fingerprint density at radius 3 is 2.76 bits per heavy atom. The summed E-state index contributed by atoms with van der Waals surface area (Å²) in [6.07, 6.45) is 3.43. The van der Waals surface area contributed by atoms with E-state index < -0.39 is 0 Å². The molecule has 1 aliphatic heterocycles. The van der Waals surface area contributed by atoms with Gasteiger partial charge in [0.25, 0.3) is 0 Å². The number of hydrogen-bond donors (Lipinski definition) is 1. The Morgan fingerprint density at radius 1 is 1.41 bits per heavy atom. The van der Waals surface area contributed by atoms with Gasteiger partial charge in [-0.15, -0.1) is 0 Å². The molecule has 0 aromatic heterocycles. The van der Waals surface area contributed by atoms with Gasteiger partial charge >= 0.3 is 0 Å². The van der Waals surface area contributed by atoms with Crippen molar-refractivity contribution in [3.8, 4) is 5.75 Å². The predicted octanol–water partition coefficient (Wildman–Crippen LogP) is 2.48. The first kappa shape index (κ1) is 11.0. The Bertz CT molecular complexity index is 422. The van der Waals surface area contributed by atoms with Crippen LogP contribution in [0.4, 0.5) is 4.39 Å². The van der Waals surface area contributed by atoms with Gasteiger partial charge < -0.3 is 10.1 Å². The Hall–Kier alpha value is -1.09. The summed E-state index contributed by atoms with van der Waals surface area (Å²) < 4.78 is 19.2. The lowest BCUT2D eigenvalue weighted by atomic mass is 9.82. The molecule has 1 unspecified atom stereocenters. The van der Waals surface area contributed by atoms with Gasteiger partial charge in [0.15, 0.2) is 0 Å². The summed E-state index contributed by atoms with van der Waals surface area (Å²) in [5.74, 6) is 1.10. The number of methoxy groups -OCH3 is 1. The Labute approximate surface area is 101 Å². The topological polar surface area (TPSA) is 21.3 Å². The van der Waals surface area contributed by atoms with Crippen molar-refractivity contribution in [1.29, 1.82) is 0 Å². The summed E-state index contributed by atoms with van der Waals surface area (Å²) in [7, 11) is 1.57. The molecule has 0 radical (unpaired) electrons. The standard InChI is InChI=1S/C14H18FNO/c1-17-11-2-3-12(13(15)8-11)14(5-6-14)10-4-7-16-9-10/h2-3,8,10,16H,4-7,9H2,1H3. The van der Waals surface area contributed by atoms with Gasteiger partial charge in [0.1, 0.15) is 11.6 Å². The molecule has 0 bridgehead atoms. The molecule has 92 valence electrons. The lowest BCUT2D eigenvalue weighted by molar-refractivity contribution is 0.401. The summed E-state index contributed by atoms with van der Waals surface area (Å²) in [5.41, 5.74) is 1.01. The lowest BCUT2D eigenvalue weighted by Gasteiger charge is -2.23. The number of halogens is 1. The molecule has 2 aliphatic rings. The Kier molecular flexibility index (Phi) is 2.58. The third kappa shape index (κ3) is 1.73. The van der Waals surface area contributed by atoms with Gasteiger partial charge in [0.05, 0.1) is 7.11 Å². The van der Waals surface area contributed by atoms with Crippen molar-refractivity contribution >= 4 is 0 Å². The molecule has 1 aromatic rings. The van der Waals surface area contributed by atoms with E-state index >= 15 is 0 Å². The summed E-state index contributed by atoms with van der Waals surface area (Å²) in [6, 6.07) is 5.30. The van der Waals surface area contributed by atoms with Gasteiger partial charge in [-0.2, -0.15) is 0 Å². The van der Waals surface area contributed by atoms with Crippen molar-refractivity contribution in [2.45, 2.75) is 24.7 Å².